The van der Waals surface area contributed by atoms with Crippen LogP contribution < -0.4 is 25.5 Å². The molecule has 1 fully saturated rings. The molecule has 0 radical (unpaired) electrons. The molecule has 0 spiro atoms. The van der Waals surface area contributed by atoms with Gasteiger partial charge in [0.15, 0.2) is 5.03 Å². The lowest BCUT2D eigenvalue weighted by atomic mass is 9.86. The molecule has 0 aliphatic carbocycles. The molecule has 2 aliphatic heterocycles. The molecule has 3 aromatic carbocycles. The third kappa shape index (κ3) is 13.4. The Morgan fingerprint density at radius 3 is 2.22 bits per heavy atom. The van der Waals surface area contributed by atoms with Crippen LogP contribution in [0.1, 0.15) is 121 Å². The minimum absolute atomic E-state index is 0.182. The van der Waals surface area contributed by atoms with Gasteiger partial charge in [0, 0.05) is 60.8 Å². The number of nitro groups is 1. The van der Waals surface area contributed by atoms with Gasteiger partial charge in [-0.05, 0) is 133 Å². The molecule has 0 saturated carbocycles. The summed E-state index contributed by atoms with van der Waals surface area (Å²) in [7, 11) is 1.58. The lowest BCUT2D eigenvalue weighted by molar-refractivity contribution is -0.485. The van der Waals surface area contributed by atoms with Gasteiger partial charge >= 0.3 is 5.97 Å². The van der Waals surface area contributed by atoms with Gasteiger partial charge in [-0.1, -0.05) is 38.0 Å². The molecule has 1 aromatic heterocycles. The predicted octanol–water partition coefficient (Wildman–Crippen LogP) is 8.12. The van der Waals surface area contributed by atoms with Gasteiger partial charge in [-0.15, -0.1) is 0 Å². The number of benzene rings is 3. The van der Waals surface area contributed by atoms with Crippen molar-refractivity contribution in [2.75, 3.05) is 33.4 Å². The number of nitrogens with one attached hydrogen (secondary N) is 3. The summed E-state index contributed by atoms with van der Waals surface area (Å²) in [5, 5.41) is 19.9. The quantitative estimate of drug-likeness (QED) is 0.0558. The largest absolute Gasteiger partial charge is 0.493 e. The van der Waals surface area contributed by atoms with Gasteiger partial charge in [0.2, 0.25) is 0 Å². The Morgan fingerprint density at radius 1 is 0.984 bits per heavy atom. The number of hydrazine groups is 1. The fourth-order valence-electron chi connectivity index (χ4n) is 7.22. The van der Waals surface area contributed by atoms with Gasteiger partial charge < -0.3 is 24.8 Å². The van der Waals surface area contributed by atoms with E-state index in [0.717, 1.165) is 65.0 Å². The summed E-state index contributed by atoms with van der Waals surface area (Å²) < 4.78 is 30.6. The van der Waals surface area contributed by atoms with Crippen LogP contribution in [0, 0.1) is 56.5 Å². The maximum atomic E-state index is 14.4. The smallest absolute Gasteiger partial charge is 0.308 e. The average Bonchev–Trinajstić information content (AvgIpc) is 3.73. The second-order valence-corrected chi connectivity index (χ2v) is 18.2. The van der Waals surface area contributed by atoms with Crippen LogP contribution in [0.4, 0.5) is 4.39 Å². The molecule has 4 aromatic rings. The van der Waals surface area contributed by atoms with Crippen LogP contribution in [0.5, 0.6) is 11.5 Å². The van der Waals surface area contributed by atoms with Crippen molar-refractivity contribution >= 4 is 34.6 Å². The second-order valence-electron chi connectivity index (χ2n) is 18.2. The van der Waals surface area contributed by atoms with Crippen molar-refractivity contribution in [2.45, 2.75) is 113 Å². The summed E-state index contributed by atoms with van der Waals surface area (Å²) in [5.41, 5.74) is 9.69. The first-order chi connectivity index (χ1) is 29.9. The van der Waals surface area contributed by atoms with Crippen LogP contribution in [0.2, 0.25) is 0 Å². The highest BCUT2D eigenvalue weighted by atomic mass is 19.1. The van der Waals surface area contributed by atoms with Gasteiger partial charge in [-0.2, -0.15) is 0 Å². The van der Waals surface area contributed by atoms with E-state index in [4.69, 9.17) is 14.2 Å². The number of rotatable bonds is 6. The van der Waals surface area contributed by atoms with Crippen molar-refractivity contribution < 1.29 is 38.0 Å². The zero-order chi connectivity index (χ0) is 47.7. The number of esters is 1. The third-order valence-electron chi connectivity index (χ3n) is 10.8. The van der Waals surface area contributed by atoms with E-state index in [-0.39, 0.29) is 28.7 Å². The molecule has 0 bridgehead atoms. The summed E-state index contributed by atoms with van der Waals surface area (Å²) in [6, 6.07) is 12.7. The van der Waals surface area contributed by atoms with Gasteiger partial charge in [-0.25, -0.2) is 24.5 Å². The van der Waals surface area contributed by atoms with Crippen molar-refractivity contribution in [3.8, 4) is 11.5 Å². The SMILES string of the molecule is CC(=O)Oc1c(C)c(C)nc2c(F)cc(C(C)(C)C)cc12.CN/C(=N\[N+](=O)[O-])NCC1CCOC1.Cc1cc(C)cc(C(=O)N(NC(=O)c2ccc3c(c2C)CCCO3)C(C)(C)C)c1. The molecule has 6 rings (SSSR count). The number of hydrogen-bond acceptors (Lipinski definition) is 9. The first-order valence-electron chi connectivity index (χ1n) is 21.4. The molecule has 346 valence electrons. The van der Waals surface area contributed by atoms with Crippen molar-refractivity contribution in [1.29, 1.82) is 0 Å². The zero-order valence-corrected chi connectivity index (χ0v) is 39.5. The minimum atomic E-state index is -0.732. The van der Waals surface area contributed by atoms with E-state index in [9.17, 15) is 28.9 Å². The van der Waals surface area contributed by atoms with Crippen LogP contribution in [-0.4, -0.2) is 77.7 Å². The zero-order valence-electron chi connectivity index (χ0n) is 39.5. The number of aryl methyl sites for hydroxylation is 3. The molecule has 16 heteroatoms. The highest BCUT2D eigenvalue weighted by Gasteiger charge is 2.31. The summed E-state index contributed by atoms with van der Waals surface area (Å²) in [6.07, 6.45) is 2.83. The van der Waals surface area contributed by atoms with E-state index >= 15 is 0 Å². The predicted molar refractivity (Wildman–Crippen MR) is 246 cm³/mol. The summed E-state index contributed by atoms with van der Waals surface area (Å²) >= 11 is 0. The number of carbonyl (C=O) groups excluding carboxylic acids is 3. The summed E-state index contributed by atoms with van der Waals surface area (Å²) in [5.74, 6) is 0.516. The number of fused-ring (bicyclic) bond motifs is 2. The van der Waals surface area contributed by atoms with Gasteiger partial charge in [0.1, 0.15) is 27.9 Å². The van der Waals surface area contributed by atoms with Crippen molar-refractivity contribution in [3.05, 3.63) is 109 Å². The number of aromatic nitrogens is 1. The lowest BCUT2D eigenvalue weighted by Gasteiger charge is -2.36. The van der Waals surface area contributed by atoms with Crippen LogP contribution in [0.15, 0.2) is 47.6 Å². The highest BCUT2D eigenvalue weighted by molar-refractivity contribution is 6.00. The van der Waals surface area contributed by atoms with Crippen LogP contribution in [0.25, 0.3) is 10.9 Å². The van der Waals surface area contributed by atoms with Crippen molar-refractivity contribution in [3.63, 3.8) is 0 Å². The van der Waals surface area contributed by atoms with Crippen LogP contribution >= 0.6 is 0 Å². The molecular formula is C48H64FN7O8. The molecule has 1 saturated heterocycles. The highest BCUT2D eigenvalue weighted by Crippen LogP contribution is 2.36. The first-order valence-corrected chi connectivity index (χ1v) is 21.4. The standard InChI is InChI=1S/C24H30N2O3.C17H20FNO2.C7H14N4O3/c1-15-12-16(2)14-18(13-15)23(28)26(24(4,5)6)25-22(27)20-9-10-21-19(17(20)3)8-7-11-29-21;1-9-10(2)19-15-13(16(9)21-11(3)20)7-12(8-14(15)18)17(4,5)6;1-8-7(10-11(12)13)9-4-6-2-3-14-5-6/h9-10,12-14H,7-8,11H2,1-6H3,(H,25,27);7-8H,1-6H3;6H,2-5H2,1H3,(H2,8,9,10). The Morgan fingerprint density at radius 2 is 1.66 bits per heavy atom. The molecular weight excluding hydrogens is 822 g/mol. The average molecular weight is 886 g/mol. The van der Waals surface area contributed by atoms with E-state index in [1.807, 2.05) is 99.6 Å². The van der Waals surface area contributed by atoms with Gasteiger partial charge in [0.05, 0.1) is 18.8 Å². The molecule has 1 atom stereocenters. The Bertz CT molecular complexity index is 2380. The van der Waals surface area contributed by atoms with E-state index in [0.29, 0.717) is 53.6 Å². The lowest BCUT2D eigenvalue weighted by Crippen LogP contribution is -2.56. The summed E-state index contributed by atoms with van der Waals surface area (Å²) in [4.78, 5) is 52.1. The van der Waals surface area contributed by atoms with E-state index in [2.05, 4.69) is 26.1 Å². The Labute approximate surface area is 375 Å². The fourth-order valence-corrected chi connectivity index (χ4v) is 7.22. The molecule has 1 unspecified atom stereocenters. The van der Waals surface area contributed by atoms with E-state index < -0.39 is 22.4 Å². The minimum Gasteiger partial charge on any atom is -0.493 e. The molecule has 3 N–H and O–H groups in total. The number of halogens is 1. The molecule has 2 amide bonds. The van der Waals surface area contributed by atoms with Crippen molar-refractivity contribution in [1.82, 2.24) is 26.1 Å². The Balaban J connectivity index is 0.000000225. The van der Waals surface area contributed by atoms with Crippen LogP contribution in [-0.2, 0) is 21.4 Å². The topological polar surface area (TPSA) is 187 Å². The normalized spacial score (nSPS) is 14.7. The number of amides is 2. The number of hydrogen-bond donors (Lipinski definition) is 3. The maximum absolute atomic E-state index is 14.4. The van der Waals surface area contributed by atoms with E-state index in [1.165, 1.54) is 18.0 Å². The third-order valence-corrected chi connectivity index (χ3v) is 10.8. The Hall–Kier alpha value is -6.16. The molecule has 2 aliphatic rings. The van der Waals surface area contributed by atoms with Crippen molar-refractivity contribution in [2.24, 2.45) is 11.0 Å². The van der Waals surface area contributed by atoms with Crippen LogP contribution in [0.3, 0.4) is 0 Å². The first kappa shape index (κ1) is 50.5. The number of hydrazone groups is 1. The molecule has 15 nitrogen and oxygen atoms in total. The molecule has 64 heavy (non-hydrogen) atoms. The monoisotopic (exact) mass is 885 g/mol. The maximum Gasteiger partial charge on any atom is 0.308 e. The van der Waals surface area contributed by atoms with Gasteiger partial charge in [-0.3, -0.25) is 19.8 Å². The Kier molecular flexibility index (Phi) is 16.9. The molecule has 3 heterocycles. The number of carbonyl (C=O) groups is 3. The fraction of sp³-hybridized carbons (Fsp3) is 0.479. The second kappa shape index (κ2) is 21.5. The number of guanidine groups is 1. The number of nitrogens with zero attached hydrogens (tertiary/aromatic N) is 4. The number of pyridine rings is 1. The van der Waals surface area contributed by atoms with Gasteiger partial charge in [0.25, 0.3) is 17.8 Å². The summed E-state index contributed by atoms with van der Waals surface area (Å²) in [6.45, 7) is 25.4. The number of ether oxygens (including phenoxy) is 3. The van der Waals surface area contributed by atoms with E-state index in [1.54, 1.807) is 20.0 Å².